The number of hydrogen-bond acceptors (Lipinski definition) is 4. The molecule has 0 fully saturated rings. The van der Waals surface area contributed by atoms with Gasteiger partial charge in [0.15, 0.2) is 0 Å². The first-order valence-corrected chi connectivity index (χ1v) is 5.73. The maximum absolute atomic E-state index is 11.9. The summed E-state index contributed by atoms with van der Waals surface area (Å²) in [6.07, 6.45) is 5.93. The molecule has 2 rings (SSSR count). The van der Waals surface area contributed by atoms with Crippen LogP contribution in [0.3, 0.4) is 0 Å². The molecule has 0 aromatic carbocycles. The lowest BCUT2D eigenvalue weighted by Crippen LogP contribution is -2.38. The predicted octanol–water partition coefficient (Wildman–Crippen LogP) is 0.958. The van der Waals surface area contributed by atoms with Crippen molar-refractivity contribution in [3.05, 3.63) is 30.2 Å². The van der Waals surface area contributed by atoms with Crippen molar-refractivity contribution in [2.75, 3.05) is 0 Å². The van der Waals surface area contributed by atoms with Gasteiger partial charge in [0.1, 0.15) is 12.0 Å². The summed E-state index contributed by atoms with van der Waals surface area (Å²) in [6.45, 7) is 0.252. The van der Waals surface area contributed by atoms with Crippen molar-refractivity contribution in [1.29, 1.82) is 0 Å². The van der Waals surface area contributed by atoms with Crippen LogP contribution in [0.5, 0.6) is 0 Å². The summed E-state index contributed by atoms with van der Waals surface area (Å²) in [6, 6.07) is 1.65. The number of carbonyl (C=O) groups excluding carboxylic acids is 1. The summed E-state index contributed by atoms with van der Waals surface area (Å²) in [5, 5.41) is 15.4. The minimum atomic E-state index is -0.930. The summed E-state index contributed by atoms with van der Waals surface area (Å²) < 4.78 is 4.65. The largest absolute Gasteiger partial charge is 0.481 e. The Bertz CT molecular complexity index is 453. The Labute approximate surface area is 104 Å². The molecule has 0 bridgehead atoms. The molecule has 1 aromatic rings. The summed E-state index contributed by atoms with van der Waals surface area (Å²) in [5.41, 5.74) is 0.613. The van der Waals surface area contributed by atoms with Crippen LogP contribution in [-0.2, 0) is 16.1 Å². The van der Waals surface area contributed by atoms with Crippen LogP contribution >= 0.6 is 0 Å². The van der Waals surface area contributed by atoms with Gasteiger partial charge in [-0.1, -0.05) is 17.3 Å². The topological polar surface area (TPSA) is 92.4 Å². The van der Waals surface area contributed by atoms with Crippen molar-refractivity contribution >= 4 is 11.9 Å². The molecule has 0 spiro atoms. The molecule has 0 aliphatic heterocycles. The van der Waals surface area contributed by atoms with Gasteiger partial charge >= 0.3 is 5.97 Å². The van der Waals surface area contributed by atoms with Crippen molar-refractivity contribution in [3.8, 4) is 0 Å². The molecule has 2 unspecified atom stereocenters. The van der Waals surface area contributed by atoms with E-state index in [0.29, 0.717) is 18.5 Å². The van der Waals surface area contributed by atoms with Crippen LogP contribution in [0.15, 0.2) is 29.0 Å². The summed E-state index contributed by atoms with van der Waals surface area (Å²) in [4.78, 5) is 23.0. The number of aromatic nitrogens is 1. The van der Waals surface area contributed by atoms with Crippen molar-refractivity contribution in [2.45, 2.75) is 19.4 Å². The van der Waals surface area contributed by atoms with Crippen LogP contribution in [0.25, 0.3) is 0 Å². The van der Waals surface area contributed by atoms with E-state index < -0.39 is 17.8 Å². The molecule has 1 heterocycles. The third kappa shape index (κ3) is 2.77. The Hall–Kier alpha value is -2.11. The van der Waals surface area contributed by atoms with Crippen LogP contribution in [-0.4, -0.2) is 22.1 Å². The summed E-state index contributed by atoms with van der Waals surface area (Å²) in [7, 11) is 0. The Balaban J connectivity index is 1.94. The van der Waals surface area contributed by atoms with Crippen molar-refractivity contribution < 1.29 is 19.2 Å². The molecular formula is C12H14N2O4. The normalized spacial score (nSPS) is 22.7. The molecule has 2 N–H and O–H groups in total. The second-order valence-electron chi connectivity index (χ2n) is 4.20. The number of rotatable bonds is 4. The van der Waals surface area contributed by atoms with E-state index in [-0.39, 0.29) is 12.5 Å². The van der Waals surface area contributed by atoms with Crippen molar-refractivity contribution in [3.63, 3.8) is 0 Å². The fraction of sp³-hybridized carbons (Fsp3) is 0.417. The lowest BCUT2D eigenvalue weighted by atomic mass is 9.82. The Morgan fingerprint density at radius 1 is 1.39 bits per heavy atom. The Morgan fingerprint density at radius 2 is 2.11 bits per heavy atom. The molecule has 18 heavy (non-hydrogen) atoms. The van der Waals surface area contributed by atoms with Gasteiger partial charge in [-0.15, -0.1) is 0 Å². The molecular weight excluding hydrogens is 236 g/mol. The summed E-state index contributed by atoms with van der Waals surface area (Å²) >= 11 is 0. The third-order valence-electron chi connectivity index (χ3n) is 3.02. The first kappa shape index (κ1) is 12.3. The molecule has 0 radical (unpaired) electrons. The van der Waals surface area contributed by atoms with Gasteiger partial charge in [0.25, 0.3) is 0 Å². The van der Waals surface area contributed by atoms with Gasteiger partial charge in [0.05, 0.1) is 18.4 Å². The standard InChI is InChI=1S/C12H14N2O4/c15-11(13-7-8-5-6-18-14-8)9-3-1-2-4-10(9)12(16)17/h1-2,5-6,9-10H,3-4,7H2,(H,13,15)(H,16,17). The van der Waals surface area contributed by atoms with E-state index in [4.69, 9.17) is 5.11 Å². The first-order valence-electron chi connectivity index (χ1n) is 5.73. The number of carboxylic acids is 1. The van der Waals surface area contributed by atoms with Crippen LogP contribution in [0.2, 0.25) is 0 Å². The molecule has 2 atom stereocenters. The van der Waals surface area contributed by atoms with Gasteiger partial charge in [-0.2, -0.15) is 0 Å². The van der Waals surface area contributed by atoms with Crippen LogP contribution < -0.4 is 5.32 Å². The number of hydrogen-bond donors (Lipinski definition) is 2. The Kier molecular flexibility index (Phi) is 3.76. The quantitative estimate of drug-likeness (QED) is 0.776. The van der Waals surface area contributed by atoms with Crippen molar-refractivity contribution in [2.24, 2.45) is 11.8 Å². The zero-order valence-corrected chi connectivity index (χ0v) is 9.70. The second kappa shape index (κ2) is 5.48. The van der Waals surface area contributed by atoms with Crippen LogP contribution in [0, 0.1) is 11.8 Å². The van der Waals surface area contributed by atoms with Gasteiger partial charge in [-0.3, -0.25) is 9.59 Å². The van der Waals surface area contributed by atoms with E-state index in [1.165, 1.54) is 6.26 Å². The maximum atomic E-state index is 11.9. The highest BCUT2D eigenvalue weighted by molar-refractivity contribution is 5.85. The summed E-state index contributed by atoms with van der Waals surface area (Å²) in [5.74, 6) is -2.35. The number of carboxylic acid groups (broad SMARTS) is 1. The van der Waals surface area contributed by atoms with E-state index >= 15 is 0 Å². The van der Waals surface area contributed by atoms with Crippen LogP contribution in [0.4, 0.5) is 0 Å². The van der Waals surface area contributed by atoms with Gasteiger partial charge < -0.3 is 14.9 Å². The SMILES string of the molecule is O=C(O)C1CC=CCC1C(=O)NCc1ccon1. The van der Waals surface area contributed by atoms with Gasteiger partial charge in [-0.05, 0) is 12.8 Å². The highest BCUT2D eigenvalue weighted by atomic mass is 16.5. The predicted molar refractivity (Wildman–Crippen MR) is 61.3 cm³/mol. The van der Waals surface area contributed by atoms with E-state index in [1.807, 2.05) is 6.08 Å². The minimum absolute atomic E-state index is 0.252. The molecule has 1 amide bonds. The fourth-order valence-electron chi connectivity index (χ4n) is 2.01. The molecule has 1 aliphatic rings. The van der Waals surface area contributed by atoms with Crippen molar-refractivity contribution in [1.82, 2.24) is 10.5 Å². The number of nitrogens with one attached hydrogen (secondary N) is 1. The molecule has 0 saturated carbocycles. The lowest BCUT2D eigenvalue weighted by Gasteiger charge is -2.23. The zero-order valence-electron chi connectivity index (χ0n) is 9.70. The highest BCUT2D eigenvalue weighted by Gasteiger charge is 2.33. The minimum Gasteiger partial charge on any atom is -0.481 e. The molecule has 96 valence electrons. The number of amides is 1. The Morgan fingerprint density at radius 3 is 2.72 bits per heavy atom. The molecule has 6 heteroatoms. The molecule has 0 saturated heterocycles. The number of carbonyl (C=O) groups is 2. The van der Waals surface area contributed by atoms with Crippen LogP contribution in [0.1, 0.15) is 18.5 Å². The van der Waals surface area contributed by atoms with E-state index in [9.17, 15) is 9.59 Å². The van der Waals surface area contributed by atoms with Gasteiger partial charge in [0.2, 0.25) is 5.91 Å². The first-order chi connectivity index (χ1) is 8.68. The lowest BCUT2D eigenvalue weighted by molar-refractivity contribution is -0.147. The number of nitrogens with zero attached hydrogens (tertiary/aromatic N) is 1. The molecule has 1 aromatic heterocycles. The average Bonchev–Trinajstić information content (AvgIpc) is 2.89. The van der Waals surface area contributed by atoms with E-state index in [2.05, 4.69) is 15.0 Å². The molecule has 6 nitrogen and oxygen atoms in total. The van der Waals surface area contributed by atoms with E-state index in [0.717, 1.165) is 0 Å². The zero-order chi connectivity index (χ0) is 13.0. The monoisotopic (exact) mass is 250 g/mol. The highest BCUT2D eigenvalue weighted by Crippen LogP contribution is 2.26. The average molecular weight is 250 g/mol. The molecule has 1 aliphatic carbocycles. The second-order valence-corrected chi connectivity index (χ2v) is 4.20. The number of allylic oxidation sites excluding steroid dienone is 2. The number of aliphatic carboxylic acids is 1. The van der Waals surface area contributed by atoms with Gasteiger partial charge in [-0.25, -0.2) is 0 Å². The third-order valence-corrected chi connectivity index (χ3v) is 3.02. The van der Waals surface area contributed by atoms with E-state index in [1.54, 1.807) is 12.1 Å². The fourth-order valence-corrected chi connectivity index (χ4v) is 2.01. The maximum Gasteiger partial charge on any atom is 0.307 e. The van der Waals surface area contributed by atoms with Gasteiger partial charge in [0, 0.05) is 6.07 Å². The smallest absolute Gasteiger partial charge is 0.307 e.